The van der Waals surface area contributed by atoms with Crippen LogP contribution in [0.2, 0.25) is 0 Å². The van der Waals surface area contributed by atoms with Gasteiger partial charge in [-0.15, -0.1) is 0 Å². The van der Waals surface area contributed by atoms with Gasteiger partial charge in [0.25, 0.3) is 0 Å². The van der Waals surface area contributed by atoms with Crippen LogP contribution in [0.1, 0.15) is 52.7 Å². The Hall–Kier alpha value is -0.830. The third-order valence-electron chi connectivity index (χ3n) is 3.70. The average Bonchev–Trinajstić information content (AvgIpc) is 2.70. The second-order valence-corrected chi connectivity index (χ2v) is 6.04. The zero-order valence-electron chi connectivity index (χ0n) is 12.7. The van der Waals surface area contributed by atoms with Gasteiger partial charge >= 0.3 is 0 Å². The molecule has 1 atom stereocenters. The first-order chi connectivity index (χ1) is 8.47. The van der Waals surface area contributed by atoms with Gasteiger partial charge in [-0.05, 0) is 30.7 Å². The number of nitrogens with zero attached hydrogens (tertiary/aromatic N) is 2. The maximum atomic E-state index is 4.24. The van der Waals surface area contributed by atoms with Crippen molar-refractivity contribution < 1.29 is 0 Å². The predicted molar refractivity (Wildman–Crippen MR) is 77.7 cm³/mol. The summed E-state index contributed by atoms with van der Waals surface area (Å²) < 4.78 is 1.99. The second-order valence-electron chi connectivity index (χ2n) is 6.04. The number of hydrogen-bond acceptors (Lipinski definition) is 2. The van der Waals surface area contributed by atoms with Crippen molar-refractivity contribution >= 4 is 0 Å². The molecule has 0 aliphatic heterocycles. The van der Waals surface area contributed by atoms with Gasteiger partial charge in [0.05, 0.1) is 0 Å². The van der Waals surface area contributed by atoms with Gasteiger partial charge in [-0.1, -0.05) is 34.1 Å². The number of hydrogen-bond donors (Lipinski definition) is 1. The quantitative estimate of drug-likeness (QED) is 0.769. The molecule has 1 aromatic rings. The molecule has 1 aromatic heterocycles. The molecule has 0 aromatic carbocycles. The van der Waals surface area contributed by atoms with Gasteiger partial charge in [-0.3, -0.25) is 4.68 Å². The summed E-state index contributed by atoms with van der Waals surface area (Å²) in [5.74, 6) is 0. The predicted octanol–water partition coefficient (Wildman–Crippen LogP) is 3.16. The van der Waals surface area contributed by atoms with Crippen molar-refractivity contribution in [3.05, 3.63) is 18.0 Å². The average molecular weight is 251 g/mol. The van der Waals surface area contributed by atoms with Crippen LogP contribution in [0.4, 0.5) is 0 Å². The topological polar surface area (TPSA) is 29.9 Å². The summed E-state index contributed by atoms with van der Waals surface area (Å²) in [5, 5.41) is 7.83. The Balaban J connectivity index is 2.53. The molecule has 1 heterocycles. The molecule has 1 rings (SSSR count). The zero-order valence-corrected chi connectivity index (χ0v) is 12.7. The molecule has 0 aliphatic carbocycles. The Morgan fingerprint density at radius 2 is 2.11 bits per heavy atom. The molecular formula is C15H29N3. The van der Waals surface area contributed by atoms with Crippen LogP contribution in [0.5, 0.6) is 0 Å². The van der Waals surface area contributed by atoms with Crippen molar-refractivity contribution in [1.29, 1.82) is 0 Å². The van der Waals surface area contributed by atoms with E-state index in [1.54, 1.807) is 0 Å². The molecule has 0 spiro atoms. The summed E-state index contributed by atoms with van der Waals surface area (Å²) in [7, 11) is 2.03. The van der Waals surface area contributed by atoms with Crippen molar-refractivity contribution in [2.24, 2.45) is 12.5 Å². The van der Waals surface area contributed by atoms with E-state index in [0.29, 0.717) is 11.5 Å². The first-order valence-corrected chi connectivity index (χ1v) is 7.17. The summed E-state index contributed by atoms with van der Waals surface area (Å²) >= 11 is 0. The standard InChI is InChI=1S/C15H29N3/c1-6-9-15(4,12-16-13(2)3)10-7-14-8-11-17-18(14)5/h8,11,13,16H,6-7,9-10,12H2,1-5H3. The van der Waals surface area contributed by atoms with Gasteiger partial charge in [0.15, 0.2) is 0 Å². The van der Waals surface area contributed by atoms with Crippen LogP contribution in [0, 0.1) is 5.41 Å². The minimum atomic E-state index is 0.392. The summed E-state index contributed by atoms with van der Waals surface area (Å²) in [6, 6.07) is 2.69. The minimum Gasteiger partial charge on any atom is -0.314 e. The van der Waals surface area contributed by atoms with Crippen LogP contribution >= 0.6 is 0 Å². The lowest BCUT2D eigenvalue weighted by molar-refractivity contribution is 0.247. The van der Waals surface area contributed by atoms with Gasteiger partial charge in [-0.2, -0.15) is 5.10 Å². The van der Waals surface area contributed by atoms with Crippen LogP contribution in [0.15, 0.2) is 12.3 Å². The van der Waals surface area contributed by atoms with Gasteiger partial charge in [0.2, 0.25) is 0 Å². The lowest BCUT2D eigenvalue weighted by Crippen LogP contribution is -2.36. The molecule has 0 radical (unpaired) electrons. The number of rotatable bonds is 8. The Labute approximate surface area is 112 Å². The third-order valence-corrected chi connectivity index (χ3v) is 3.70. The Morgan fingerprint density at radius 1 is 1.39 bits per heavy atom. The van der Waals surface area contributed by atoms with Crippen LogP contribution in [0.25, 0.3) is 0 Å². The molecule has 104 valence electrons. The number of aryl methyl sites for hydroxylation is 2. The lowest BCUT2D eigenvalue weighted by atomic mass is 9.80. The molecule has 0 aliphatic rings. The second kappa shape index (κ2) is 6.93. The van der Waals surface area contributed by atoms with Crippen molar-refractivity contribution in [1.82, 2.24) is 15.1 Å². The highest BCUT2D eigenvalue weighted by atomic mass is 15.2. The monoisotopic (exact) mass is 251 g/mol. The largest absolute Gasteiger partial charge is 0.314 e. The van der Waals surface area contributed by atoms with E-state index in [0.717, 1.165) is 13.0 Å². The highest BCUT2D eigenvalue weighted by Gasteiger charge is 2.23. The Kier molecular flexibility index (Phi) is 5.86. The van der Waals surface area contributed by atoms with Crippen LogP contribution in [-0.2, 0) is 13.5 Å². The first-order valence-electron chi connectivity index (χ1n) is 7.17. The number of aromatic nitrogens is 2. The summed E-state index contributed by atoms with van der Waals surface area (Å²) in [4.78, 5) is 0. The fraction of sp³-hybridized carbons (Fsp3) is 0.800. The highest BCUT2D eigenvalue weighted by Crippen LogP contribution is 2.28. The van der Waals surface area contributed by atoms with E-state index in [9.17, 15) is 0 Å². The maximum absolute atomic E-state index is 4.24. The summed E-state index contributed by atoms with van der Waals surface area (Å²) in [6.45, 7) is 10.2. The van der Waals surface area contributed by atoms with Gasteiger partial charge in [0, 0.05) is 31.5 Å². The molecule has 1 N–H and O–H groups in total. The molecule has 0 saturated heterocycles. The van der Waals surface area contributed by atoms with Crippen molar-refractivity contribution in [3.63, 3.8) is 0 Å². The lowest BCUT2D eigenvalue weighted by Gasteiger charge is -2.31. The molecule has 1 unspecified atom stereocenters. The Morgan fingerprint density at radius 3 is 2.61 bits per heavy atom. The van der Waals surface area contributed by atoms with E-state index >= 15 is 0 Å². The molecule has 0 bridgehead atoms. The third kappa shape index (κ3) is 4.81. The van der Waals surface area contributed by atoms with Crippen LogP contribution < -0.4 is 5.32 Å². The molecule has 3 nitrogen and oxygen atoms in total. The Bertz CT molecular complexity index is 343. The molecule has 3 heteroatoms. The van der Waals surface area contributed by atoms with Crippen molar-refractivity contribution in [2.45, 2.75) is 59.4 Å². The number of nitrogens with one attached hydrogen (secondary N) is 1. The first kappa shape index (κ1) is 15.2. The van der Waals surface area contributed by atoms with Crippen LogP contribution in [0.3, 0.4) is 0 Å². The molecular weight excluding hydrogens is 222 g/mol. The SMILES string of the molecule is CCCC(C)(CCc1ccnn1C)CNC(C)C. The molecule has 0 amide bonds. The van der Waals surface area contributed by atoms with E-state index in [-0.39, 0.29) is 0 Å². The van der Waals surface area contributed by atoms with Gasteiger partial charge in [-0.25, -0.2) is 0 Å². The van der Waals surface area contributed by atoms with E-state index in [2.05, 4.69) is 44.2 Å². The normalized spacial score (nSPS) is 15.0. The van der Waals surface area contributed by atoms with Gasteiger partial charge in [0.1, 0.15) is 0 Å². The van der Waals surface area contributed by atoms with E-state index < -0.39 is 0 Å². The smallest absolute Gasteiger partial charge is 0.0492 e. The summed E-state index contributed by atoms with van der Waals surface area (Å²) in [5.41, 5.74) is 1.73. The van der Waals surface area contributed by atoms with E-state index in [1.807, 2.05) is 17.9 Å². The molecule has 0 saturated carbocycles. The fourth-order valence-corrected chi connectivity index (χ4v) is 2.43. The summed E-state index contributed by atoms with van der Waals surface area (Å²) in [6.07, 6.45) is 6.76. The van der Waals surface area contributed by atoms with Crippen molar-refractivity contribution in [2.75, 3.05) is 6.54 Å². The van der Waals surface area contributed by atoms with E-state index in [1.165, 1.54) is 25.0 Å². The minimum absolute atomic E-state index is 0.392. The van der Waals surface area contributed by atoms with Gasteiger partial charge < -0.3 is 5.32 Å². The highest BCUT2D eigenvalue weighted by molar-refractivity contribution is 5.01. The molecule has 18 heavy (non-hydrogen) atoms. The zero-order chi connectivity index (χ0) is 13.6. The molecule has 0 fully saturated rings. The fourth-order valence-electron chi connectivity index (χ4n) is 2.43. The maximum Gasteiger partial charge on any atom is 0.0492 e. The van der Waals surface area contributed by atoms with Crippen molar-refractivity contribution in [3.8, 4) is 0 Å². The van der Waals surface area contributed by atoms with Crippen LogP contribution in [-0.4, -0.2) is 22.4 Å². The van der Waals surface area contributed by atoms with E-state index in [4.69, 9.17) is 0 Å².